The lowest BCUT2D eigenvalue weighted by atomic mass is 9.97. The molecule has 19 heavy (non-hydrogen) atoms. The molecule has 0 atom stereocenters. The highest BCUT2D eigenvalue weighted by molar-refractivity contribution is 6.42. The number of piperidine rings is 1. The normalized spacial score (nSPS) is 17.4. The van der Waals surface area contributed by atoms with Crippen molar-refractivity contribution in [2.75, 3.05) is 20.2 Å². The van der Waals surface area contributed by atoms with Crippen LogP contribution in [-0.4, -0.2) is 31.1 Å². The number of hydrogen-bond donors (Lipinski definition) is 0. The number of esters is 1. The summed E-state index contributed by atoms with van der Waals surface area (Å²) in [5, 5.41) is 1.17. The van der Waals surface area contributed by atoms with Crippen LogP contribution in [0.1, 0.15) is 18.4 Å². The van der Waals surface area contributed by atoms with E-state index in [2.05, 4.69) is 4.90 Å². The van der Waals surface area contributed by atoms with Crippen molar-refractivity contribution in [1.29, 1.82) is 0 Å². The van der Waals surface area contributed by atoms with Crippen LogP contribution in [0.15, 0.2) is 18.2 Å². The first-order valence-corrected chi connectivity index (χ1v) is 7.10. The molecule has 3 nitrogen and oxygen atoms in total. The zero-order valence-corrected chi connectivity index (χ0v) is 12.4. The van der Waals surface area contributed by atoms with Gasteiger partial charge in [0.2, 0.25) is 0 Å². The largest absolute Gasteiger partial charge is 0.469 e. The van der Waals surface area contributed by atoms with Gasteiger partial charge in [-0.05, 0) is 43.6 Å². The molecule has 2 rings (SSSR count). The molecule has 0 radical (unpaired) electrons. The fraction of sp³-hybridized carbons (Fsp3) is 0.500. The molecule has 0 aliphatic carbocycles. The van der Waals surface area contributed by atoms with Gasteiger partial charge in [-0.2, -0.15) is 0 Å². The maximum atomic E-state index is 11.4. The lowest BCUT2D eigenvalue weighted by Gasteiger charge is -2.30. The Morgan fingerprint density at radius 3 is 2.58 bits per heavy atom. The van der Waals surface area contributed by atoms with Gasteiger partial charge < -0.3 is 4.74 Å². The van der Waals surface area contributed by atoms with E-state index in [9.17, 15) is 4.79 Å². The zero-order chi connectivity index (χ0) is 13.8. The summed E-state index contributed by atoms with van der Waals surface area (Å²) in [6, 6.07) is 5.71. The van der Waals surface area contributed by atoms with E-state index in [1.807, 2.05) is 18.2 Å². The lowest BCUT2D eigenvalue weighted by Crippen LogP contribution is -2.36. The van der Waals surface area contributed by atoms with Crippen LogP contribution in [0.5, 0.6) is 0 Å². The highest BCUT2D eigenvalue weighted by Crippen LogP contribution is 2.25. The second-order valence-corrected chi connectivity index (χ2v) is 5.64. The van der Waals surface area contributed by atoms with Crippen LogP contribution >= 0.6 is 23.2 Å². The molecule has 1 aromatic carbocycles. The fourth-order valence-corrected chi connectivity index (χ4v) is 2.71. The number of likely N-dealkylation sites (tertiary alicyclic amines) is 1. The van der Waals surface area contributed by atoms with Gasteiger partial charge in [-0.25, -0.2) is 0 Å². The monoisotopic (exact) mass is 301 g/mol. The van der Waals surface area contributed by atoms with Crippen LogP contribution < -0.4 is 0 Å². The van der Waals surface area contributed by atoms with Crippen molar-refractivity contribution >= 4 is 29.2 Å². The predicted octanol–water partition coefficient (Wildman–Crippen LogP) is 3.38. The van der Waals surface area contributed by atoms with Crippen LogP contribution in [0.3, 0.4) is 0 Å². The highest BCUT2D eigenvalue weighted by atomic mass is 35.5. The molecule has 0 amide bonds. The molecule has 1 saturated heterocycles. The summed E-state index contributed by atoms with van der Waals surface area (Å²) >= 11 is 11.9. The van der Waals surface area contributed by atoms with Crippen molar-refractivity contribution in [2.45, 2.75) is 19.4 Å². The molecule has 104 valence electrons. The molecule has 0 N–H and O–H groups in total. The summed E-state index contributed by atoms with van der Waals surface area (Å²) in [7, 11) is 1.45. The number of benzene rings is 1. The van der Waals surface area contributed by atoms with E-state index in [0.29, 0.717) is 10.0 Å². The molecule has 5 heteroatoms. The molecular formula is C14H17Cl2NO2. The van der Waals surface area contributed by atoms with Gasteiger partial charge in [-0.1, -0.05) is 29.3 Å². The Morgan fingerprint density at radius 1 is 1.32 bits per heavy atom. The Hall–Kier alpha value is -0.770. The van der Waals surface area contributed by atoms with Gasteiger partial charge in [-0.3, -0.25) is 9.69 Å². The topological polar surface area (TPSA) is 29.5 Å². The number of nitrogens with zero attached hydrogens (tertiary/aromatic N) is 1. The number of carbonyl (C=O) groups excluding carboxylic acids is 1. The van der Waals surface area contributed by atoms with Gasteiger partial charge >= 0.3 is 5.97 Å². The molecule has 1 aliphatic heterocycles. The summed E-state index contributed by atoms with van der Waals surface area (Å²) < 4.78 is 4.78. The van der Waals surface area contributed by atoms with Crippen molar-refractivity contribution in [3.63, 3.8) is 0 Å². The molecular weight excluding hydrogens is 285 g/mol. The SMILES string of the molecule is COC(=O)C1CCN(Cc2ccc(Cl)c(Cl)c2)CC1. The van der Waals surface area contributed by atoms with Crippen LogP contribution in [-0.2, 0) is 16.1 Å². The van der Waals surface area contributed by atoms with Gasteiger partial charge in [0.1, 0.15) is 0 Å². The maximum Gasteiger partial charge on any atom is 0.308 e. The second-order valence-electron chi connectivity index (χ2n) is 4.82. The summed E-state index contributed by atoms with van der Waals surface area (Å²) in [5.41, 5.74) is 1.14. The van der Waals surface area contributed by atoms with E-state index in [1.165, 1.54) is 7.11 Å². The lowest BCUT2D eigenvalue weighted by molar-refractivity contribution is -0.147. The third-order valence-corrected chi connectivity index (χ3v) is 4.25. The zero-order valence-electron chi connectivity index (χ0n) is 10.9. The standard InChI is InChI=1S/C14H17Cl2NO2/c1-19-14(18)11-4-6-17(7-5-11)9-10-2-3-12(15)13(16)8-10/h2-3,8,11H,4-7,9H2,1H3. The average molecular weight is 302 g/mol. The van der Waals surface area contributed by atoms with E-state index in [-0.39, 0.29) is 11.9 Å². The summed E-state index contributed by atoms with van der Waals surface area (Å²) in [6.07, 6.45) is 1.71. The Balaban J connectivity index is 1.88. The summed E-state index contributed by atoms with van der Waals surface area (Å²) in [5.74, 6) is -0.0377. The molecule has 0 bridgehead atoms. The number of rotatable bonds is 3. The first-order valence-electron chi connectivity index (χ1n) is 6.34. The second kappa shape index (κ2) is 6.60. The minimum Gasteiger partial charge on any atom is -0.469 e. The molecule has 1 aromatic rings. The number of methoxy groups -OCH3 is 1. The highest BCUT2D eigenvalue weighted by Gasteiger charge is 2.25. The minimum absolute atomic E-state index is 0.0510. The van der Waals surface area contributed by atoms with Crippen molar-refractivity contribution in [3.8, 4) is 0 Å². The van der Waals surface area contributed by atoms with Gasteiger partial charge in [0.25, 0.3) is 0 Å². The van der Waals surface area contributed by atoms with E-state index >= 15 is 0 Å². The van der Waals surface area contributed by atoms with Crippen LogP contribution in [0, 0.1) is 5.92 Å². The van der Waals surface area contributed by atoms with Gasteiger partial charge in [0.15, 0.2) is 0 Å². The molecule has 0 spiro atoms. The maximum absolute atomic E-state index is 11.4. The Morgan fingerprint density at radius 2 is 2.00 bits per heavy atom. The van der Waals surface area contributed by atoms with E-state index in [1.54, 1.807) is 0 Å². The molecule has 1 heterocycles. The molecule has 0 saturated carbocycles. The van der Waals surface area contributed by atoms with Gasteiger partial charge in [0, 0.05) is 6.54 Å². The number of carbonyl (C=O) groups is 1. The van der Waals surface area contributed by atoms with Crippen LogP contribution in [0.2, 0.25) is 10.0 Å². The quantitative estimate of drug-likeness (QED) is 0.802. The molecule has 0 aromatic heterocycles. The number of halogens is 2. The van der Waals surface area contributed by atoms with Crippen molar-refractivity contribution in [1.82, 2.24) is 4.90 Å². The Bertz CT molecular complexity index is 457. The molecule has 1 aliphatic rings. The predicted molar refractivity (Wildman–Crippen MR) is 76.5 cm³/mol. The van der Waals surface area contributed by atoms with Crippen molar-refractivity contribution in [2.24, 2.45) is 5.92 Å². The van der Waals surface area contributed by atoms with Crippen LogP contribution in [0.25, 0.3) is 0 Å². The fourth-order valence-electron chi connectivity index (χ4n) is 2.39. The smallest absolute Gasteiger partial charge is 0.308 e. The van der Waals surface area contributed by atoms with Gasteiger partial charge in [-0.15, -0.1) is 0 Å². The average Bonchev–Trinajstić information content (AvgIpc) is 2.43. The number of hydrogen-bond acceptors (Lipinski definition) is 3. The van der Waals surface area contributed by atoms with Crippen molar-refractivity contribution in [3.05, 3.63) is 33.8 Å². The Kier molecular flexibility index (Phi) is 5.08. The minimum atomic E-state index is -0.0887. The summed E-state index contributed by atoms with van der Waals surface area (Å²) in [6.45, 7) is 2.64. The van der Waals surface area contributed by atoms with E-state index in [4.69, 9.17) is 27.9 Å². The first kappa shape index (κ1) is 14.6. The first-order chi connectivity index (χ1) is 9.10. The van der Waals surface area contributed by atoms with Gasteiger partial charge in [0.05, 0.1) is 23.1 Å². The van der Waals surface area contributed by atoms with Crippen molar-refractivity contribution < 1.29 is 9.53 Å². The Labute approximate surface area is 123 Å². The van der Waals surface area contributed by atoms with Crippen LogP contribution in [0.4, 0.5) is 0 Å². The molecule has 1 fully saturated rings. The summed E-state index contributed by atoms with van der Waals surface area (Å²) in [4.78, 5) is 13.8. The number of ether oxygens (including phenoxy) is 1. The third-order valence-electron chi connectivity index (χ3n) is 3.51. The van der Waals surface area contributed by atoms with E-state index in [0.717, 1.165) is 38.0 Å². The third kappa shape index (κ3) is 3.85. The van der Waals surface area contributed by atoms with E-state index < -0.39 is 0 Å². The molecule has 0 unspecified atom stereocenters.